The summed E-state index contributed by atoms with van der Waals surface area (Å²) in [5.41, 5.74) is 5.37. The zero-order valence-electron chi connectivity index (χ0n) is 19.4. The Morgan fingerprint density at radius 1 is 1.03 bits per heavy atom. The third-order valence-electron chi connectivity index (χ3n) is 6.65. The van der Waals surface area contributed by atoms with Gasteiger partial charge in [0.25, 0.3) is 5.91 Å². The molecule has 1 aliphatic rings. The van der Waals surface area contributed by atoms with Gasteiger partial charge in [-0.25, -0.2) is 4.98 Å². The first-order chi connectivity index (χ1) is 16.0. The number of methoxy groups -OCH3 is 1. The van der Waals surface area contributed by atoms with Crippen LogP contribution in [0.2, 0.25) is 0 Å². The second kappa shape index (κ2) is 8.35. The van der Waals surface area contributed by atoms with E-state index in [-0.39, 0.29) is 17.9 Å². The van der Waals surface area contributed by atoms with Gasteiger partial charge in [0.15, 0.2) is 5.65 Å². The Morgan fingerprint density at radius 2 is 1.79 bits per heavy atom. The van der Waals surface area contributed by atoms with Crippen LogP contribution in [0.15, 0.2) is 60.7 Å². The molecule has 0 saturated carbocycles. The summed E-state index contributed by atoms with van der Waals surface area (Å²) >= 11 is 0. The molecule has 1 aliphatic heterocycles. The normalized spacial score (nSPS) is 18.1. The van der Waals surface area contributed by atoms with Crippen molar-refractivity contribution in [3.05, 3.63) is 88.7 Å². The maximum Gasteiger partial charge on any atom is 0.255 e. The number of fused-ring (bicyclic) bond motifs is 1. The van der Waals surface area contributed by atoms with Crippen LogP contribution < -0.4 is 4.74 Å². The predicted octanol–water partition coefficient (Wildman–Crippen LogP) is 4.96. The SMILES string of the molecule is COc1cccc(C2C(c3ccccc3)CCN2C(=O)c2cc(C)nc3c2c(C)nn3C)c1. The molecule has 2 aromatic heterocycles. The van der Waals surface area contributed by atoms with Gasteiger partial charge in [-0.1, -0.05) is 42.5 Å². The maximum absolute atomic E-state index is 14.1. The molecule has 5 rings (SSSR count). The van der Waals surface area contributed by atoms with Gasteiger partial charge in [0.05, 0.1) is 29.8 Å². The Hall–Kier alpha value is -3.67. The summed E-state index contributed by atoms with van der Waals surface area (Å²) in [6.45, 7) is 4.55. The zero-order valence-corrected chi connectivity index (χ0v) is 19.4. The summed E-state index contributed by atoms with van der Waals surface area (Å²) < 4.78 is 7.26. The molecular weight excluding hydrogens is 412 g/mol. The van der Waals surface area contributed by atoms with E-state index >= 15 is 0 Å². The van der Waals surface area contributed by atoms with E-state index in [4.69, 9.17) is 4.74 Å². The Morgan fingerprint density at radius 3 is 2.55 bits per heavy atom. The van der Waals surface area contributed by atoms with Crippen molar-refractivity contribution in [2.45, 2.75) is 32.2 Å². The molecule has 0 radical (unpaired) electrons. The van der Waals surface area contributed by atoms with Gasteiger partial charge in [-0.15, -0.1) is 0 Å². The van der Waals surface area contributed by atoms with Crippen molar-refractivity contribution in [2.24, 2.45) is 7.05 Å². The Balaban J connectivity index is 1.64. The van der Waals surface area contributed by atoms with Crippen molar-refractivity contribution >= 4 is 16.9 Å². The highest BCUT2D eigenvalue weighted by Gasteiger charge is 2.40. The zero-order chi connectivity index (χ0) is 23.1. The second-order valence-electron chi connectivity index (χ2n) is 8.74. The number of amides is 1. The summed E-state index contributed by atoms with van der Waals surface area (Å²) in [4.78, 5) is 20.8. The van der Waals surface area contributed by atoms with Crippen molar-refractivity contribution in [2.75, 3.05) is 13.7 Å². The Kier molecular flexibility index (Phi) is 5.36. The molecule has 3 heterocycles. The van der Waals surface area contributed by atoms with Crippen LogP contribution in [0.25, 0.3) is 11.0 Å². The van der Waals surface area contributed by atoms with Crippen LogP contribution in [0.3, 0.4) is 0 Å². The number of benzene rings is 2. The molecule has 0 bridgehead atoms. The molecule has 1 amide bonds. The average Bonchev–Trinajstić information content (AvgIpc) is 3.40. The number of carbonyl (C=O) groups is 1. The molecule has 2 aromatic carbocycles. The average molecular weight is 441 g/mol. The lowest BCUT2D eigenvalue weighted by molar-refractivity contribution is 0.0731. The van der Waals surface area contributed by atoms with E-state index in [1.54, 1.807) is 11.8 Å². The largest absolute Gasteiger partial charge is 0.497 e. The predicted molar refractivity (Wildman–Crippen MR) is 129 cm³/mol. The smallest absolute Gasteiger partial charge is 0.255 e. The van der Waals surface area contributed by atoms with E-state index in [0.717, 1.165) is 40.2 Å². The van der Waals surface area contributed by atoms with Crippen LogP contribution in [0.4, 0.5) is 0 Å². The molecule has 2 atom stereocenters. The van der Waals surface area contributed by atoms with E-state index in [1.165, 1.54) is 5.56 Å². The molecule has 0 spiro atoms. The summed E-state index contributed by atoms with van der Waals surface area (Å²) in [7, 11) is 3.55. The van der Waals surface area contributed by atoms with E-state index in [2.05, 4.69) is 46.5 Å². The number of likely N-dealkylation sites (tertiary alicyclic amines) is 1. The number of hydrogen-bond donors (Lipinski definition) is 0. The Bertz CT molecular complexity index is 1330. The number of rotatable bonds is 4. The molecule has 1 saturated heterocycles. The molecule has 0 aliphatic carbocycles. The number of aromatic nitrogens is 3. The standard InChI is InChI=1S/C27H28N4O2/c1-17-15-23(24-18(2)29-30(3)26(24)28-17)27(32)31-14-13-22(19-9-6-5-7-10-19)25(31)20-11-8-12-21(16-20)33-4/h5-12,15-16,22,25H,13-14H2,1-4H3. The molecule has 2 unspecified atom stereocenters. The molecule has 6 nitrogen and oxygen atoms in total. The van der Waals surface area contributed by atoms with Crippen LogP contribution in [-0.4, -0.2) is 39.2 Å². The fourth-order valence-corrected chi connectivity index (χ4v) is 5.20. The lowest BCUT2D eigenvalue weighted by Crippen LogP contribution is -2.32. The first kappa shape index (κ1) is 21.2. The van der Waals surface area contributed by atoms with Gasteiger partial charge >= 0.3 is 0 Å². The lowest BCUT2D eigenvalue weighted by atomic mass is 9.87. The van der Waals surface area contributed by atoms with E-state index in [0.29, 0.717) is 12.1 Å². The van der Waals surface area contributed by atoms with Crippen molar-refractivity contribution in [1.82, 2.24) is 19.7 Å². The molecule has 4 aromatic rings. The molecule has 1 fully saturated rings. The van der Waals surface area contributed by atoms with Gasteiger partial charge in [0, 0.05) is 25.2 Å². The van der Waals surface area contributed by atoms with Gasteiger partial charge in [-0.2, -0.15) is 5.10 Å². The van der Waals surface area contributed by atoms with Crippen LogP contribution in [0.5, 0.6) is 5.75 Å². The number of carbonyl (C=O) groups excluding carboxylic acids is 1. The van der Waals surface area contributed by atoms with Gasteiger partial charge in [-0.3, -0.25) is 9.48 Å². The molecule has 168 valence electrons. The number of aryl methyl sites for hydroxylation is 3. The highest BCUT2D eigenvalue weighted by atomic mass is 16.5. The van der Waals surface area contributed by atoms with Crippen molar-refractivity contribution < 1.29 is 9.53 Å². The fraction of sp³-hybridized carbons (Fsp3) is 0.296. The van der Waals surface area contributed by atoms with Crippen LogP contribution >= 0.6 is 0 Å². The molecule has 33 heavy (non-hydrogen) atoms. The van der Waals surface area contributed by atoms with Crippen LogP contribution in [-0.2, 0) is 7.05 Å². The monoisotopic (exact) mass is 440 g/mol. The third-order valence-corrected chi connectivity index (χ3v) is 6.65. The summed E-state index contributed by atoms with van der Waals surface area (Å²) in [5.74, 6) is 1.02. The Labute approximate surface area is 193 Å². The maximum atomic E-state index is 14.1. The minimum atomic E-state index is -0.0875. The van der Waals surface area contributed by atoms with Gasteiger partial charge in [-0.05, 0) is 49.6 Å². The van der Waals surface area contributed by atoms with Crippen molar-refractivity contribution in [3.63, 3.8) is 0 Å². The van der Waals surface area contributed by atoms with Crippen LogP contribution in [0.1, 0.15) is 51.3 Å². The quantitative estimate of drug-likeness (QED) is 0.450. The summed E-state index contributed by atoms with van der Waals surface area (Å²) in [6.07, 6.45) is 0.900. The second-order valence-corrected chi connectivity index (χ2v) is 8.74. The highest BCUT2D eigenvalue weighted by Crippen LogP contribution is 2.45. The minimum Gasteiger partial charge on any atom is -0.497 e. The number of nitrogens with zero attached hydrogens (tertiary/aromatic N) is 4. The summed E-state index contributed by atoms with van der Waals surface area (Å²) in [5, 5.41) is 5.36. The van der Waals surface area contributed by atoms with Gasteiger partial charge < -0.3 is 9.64 Å². The molecular formula is C27H28N4O2. The minimum absolute atomic E-state index is 0.0212. The van der Waals surface area contributed by atoms with Crippen molar-refractivity contribution in [3.8, 4) is 5.75 Å². The molecule has 6 heteroatoms. The highest BCUT2D eigenvalue weighted by molar-refractivity contribution is 6.06. The fourth-order valence-electron chi connectivity index (χ4n) is 5.20. The third kappa shape index (κ3) is 3.65. The number of ether oxygens (including phenoxy) is 1. The first-order valence-electron chi connectivity index (χ1n) is 11.3. The lowest BCUT2D eigenvalue weighted by Gasteiger charge is -2.30. The number of pyridine rings is 1. The van der Waals surface area contributed by atoms with E-state index < -0.39 is 0 Å². The summed E-state index contributed by atoms with van der Waals surface area (Å²) in [6, 6.07) is 20.4. The first-order valence-corrected chi connectivity index (χ1v) is 11.3. The number of hydrogen-bond acceptors (Lipinski definition) is 4. The topological polar surface area (TPSA) is 60.2 Å². The van der Waals surface area contributed by atoms with Crippen LogP contribution in [0, 0.1) is 13.8 Å². The molecule has 0 N–H and O–H groups in total. The van der Waals surface area contributed by atoms with E-state index in [1.807, 2.05) is 50.1 Å². The van der Waals surface area contributed by atoms with Gasteiger partial charge in [0.2, 0.25) is 0 Å². The van der Waals surface area contributed by atoms with E-state index in [9.17, 15) is 4.79 Å². The van der Waals surface area contributed by atoms with Gasteiger partial charge in [0.1, 0.15) is 5.75 Å². The van der Waals surface area contributed by atoms with Crippen molar-refractivity contribution in [1.29, 1.82) is 0 Å².